The van der Waals surface area contributed by atoms with Gasteiger partial charge in [0.2, 0.25) is 0 Å². The van der Waals surface area contributed by atoms with E-state index < -0.39 is 23.5 Å². The molecular weight excluding hydrogens is 442 g/mol. The second kappa shape index (κ2) is 10.5. The number of aryl methyl sites for hydroxylation is 2. The molecule has 0 saturated heterocycles. The average molecular weight is 465 g/mol. The van der Waals surface area contributed by atoms with E-state index in [1.807, 2.05) is 6.92 Å². The third-order valence-electron chi connectivity index (χ3n) is 4.87. The number of pyridine rings is 1. The van der Waals surface area contributed by atoms with Crippen molar-refractivity contribution in [1.82, 2.24) is 14.8 Å². The molecule has 1 aromatic carbocycles. The molecule has 0 aliphatic rings. The maximum absolute atomic E-state index is 14.0. The number of alkyl halides is 3. The Hall–Kier alpha value is -3.43. The monoisotopic (exact) mass is 465 g/mol. The lowest BCUT2D eigenvalue weighted by molar-refractivity contribution is -0.138. The maximum atomic E-state index is 14.0. The van der Waals surface area contributed by atoms with Crippen molar-refractivity contribution in [2.24, 2.45) is 0 Å². The minimum atomic E-state index is -4.46. The van der Waals surface area contributed by atoms with Crippen LogP contribution in [0.5, 0.6) is 5.75 Å². The van der Waals surface area contributed by atoms with E-state index in [0.29, 0.717) is 24.8 Å². The topological polar surface area (TPSA) is 77.2 Å². The number of ether oxygens (including phenoxy) is 1. The summed E-state index contributed by atoms with van der Waals surface area (Å²) < 4.78 is 59.2. The van der Waals surface area contributed by atoms with Crippen LogP contribution in [0.4, 0.5) is 17.6 Å². The molecular formula is C23H23F4N3O3. The molecule has 0 spiro atoms. The van der Waals surface area contributed by atoms with E-state index in [1.54, 1.807) is 6.20 Å². The van der Waals surface area contributed by atoms with Crippen LogP contribution in [-0.4, -0.2) is 32.4 Å². The number of nitrogens with zero attached hydrogens (tertiary/aromatic N) is 3. The first-order valence-corrected chi connectivity index (χ1v) is 10.4. The van der Waals surface area contributed by atoms with Gasteiger partial charge in [0, 0.05) is 12.4 Å². The van der Waals surface area contributed by atoms with Crippen LogP contribution in [0.3, 0.4) is 0 Å². The highest BCUT2D eigenvalue weighted by atomic mass is 19.4. The fourth-order valence-corrected chi connectivity index (χ4v) is 3.30. The lowest BCUT2D eigenvalue weighted by Crippen LogP contribution is -2.07. The Morgan fingerprint density at radius 2 is 1.97 bits per heavy atom. The average Bonchev–Trinajstić information content (AvgIpc) is 3.15. The number of hydrogen-bond acceptors (Lipinski definition) is 4. The normalized spacial score (nSPS) is 11.5. The van der Waals surface area contributed by atoms with Gasteiger partial charge in [0.25, 0.3) is 0 Å². The molecule has 2 heterocycles. The molecule has 0 atom stereocenters. The zero-order chi connectivity index (χ0) is 24.0. The molecule has 3 aromatic rings. The van der Waals surface area contributed by atoms with E-state index in [-0.39, 0.29) is 24.6 Å². The van der Waals surface area contributed by atoms with Crippen LogP contribution in [0.25, 0.3) is 5.82 Å². The second-order valence-corrected chi connectivity index (χ2v) is 7.49. The molecule has 176 valence electrons. The molecule has 33 heavy (non-hydrogen) atoms. The lowest BCUT2D eigenvalue weighted by atomic mass is 10.1. The molecule has 3 rings (SSSR count). The predicted octanol–water partition coefficient (Wildman–Crippen LogP) is 5.02. The first-order valence-electron chi connectivity index (χ1n) is 10.4. The fraction of sp³-hybridized carbons (Fsp3) is 0.348. The highest BCUT2D eigenvalue weighted by molar-refractivity contribution is 5.70. The zero-order valence-electron chi connectivity index (χ0n) is 17.9. The van der Waals surface area contributed by atoms with Gasteiger partial charge < -0.3 is 9.84 Å². The van der Waals surface area contributed by atoms with Crippen LogP contribution in [0, 0.1) is 5.82 Å². The number of halogens is 4. The van der Waals surface area contributed by atoms with Crippen molar-refractivity contribution in [2.75, 3.05) is 6.61 Å². The Morgan fingerprint density at radius 3 is 2.61 bits per heavy atom. The largest absolute Gasteiger partial charge is 0.490 e. The van der Waals surface area contributed by atoms with Crippen molar-refractivity contribution in [2.45, 2.75) is 45.2 Å². The lowest BCUT2D eigenvalue weighted by Gasteiger charge is -2.09. The third kappa shape index (κ3) is 6.53. The summed E-state index contributed by atoms with van der Waals surface area (Å²) in [4.78, 5) is 14.7. The zero-order valence-corrected chi connectivity index (χ0v) is 17.9. The first kappa shape index (κ1) is 24.2. The quantitative estimate of drug-likeness (QED) is 0.336. The molecule has 1 N–H and O–H groups in total. The van der Waals surface area contributed by atoms with Crippen LogP contribution < -0.4 is 4.74 Å². The molecule has 0 aliphatic heterocycles. The minimum Gasteiger partial charge on any atom is -0.490 e. The van der Waals surface area contributed by atoms with Gasteiger partial charge in [-0.1, -0.05) is 19.4 Å². The number of aliphatic carboxylic acids is 1. The number of carboxylic acids is 1. The van der Waals surface area contributed by atoms with Crippen LogP contribution in [0.2, 0.25) is 0 Å². The number of aromatic nitrogens is 3. The predicted molar refractivity (Wildman–Crippen MR) is 112 cm³/mol. The van der Waals surface area contributed by atoms with Gasteiger partial charge in [-0.05, 0) is 54.7 Å². The Bertz CT molecular complexity index is 1100. The minimum absolute atomic E-state index is 0.00724. The van der Waals surface area contributed by atoms with Crippen molar-refractivity contribution in [3.8, 4) is 11.6 Å². The van der Waals surface area contributed by atoms with Gasteiger partial charge >= 0.3 is 12.1 Å². The SMILES string of the molecule is CCCc1nn(-c2ccc(C(F)(F)F)cn2)cc1CCCOc1cc(CC(=O)O)ccc1F. The maximum Gasteiger partial charge on any atom is 0.417 e. The van der Waals surface area contributed by atoms with E-state index in [0.717, 1.165) is 29.9 Å². The van der Waals surface area contributed by atoms with E-state index in [4.69, 9.17) is 9.84 Å². The first-order chi connectivity index (χ1) is 15.7. The summed E-state index contributed by atoms with van der Waals surface area (Å²) in [6.45, 7) is 2.19. The summed E-state index contributed by atoms with van der Waals surface area (Å²) in [5.41, 5.74) is 1.33. The van der Waals surface area contributed by atoms with Crippen molar-refractivity contribution >= 4 is 5.97 Å². The third-order valence-corrected chi connectivity index (χ3v) is 4.87. The van der Waals surface area contributed by atoms with Crippen molar-refractivity contribution < 1.29 is 32.2 Å². The van der Waals surface area contributed by atoms with Crippen molar-refractivity contribution in [3.63, 3.8) is 0 Å². The summed E-state index contributed by atoms with van der Waals surface area (Å²) in [6.07, 6.45) is 0.441. The number of benzene rings is 1. The van der Waals surface area contributed by atoms with Gasteiger partial charge in [-0.25, -0.2) is 14.1 Å². The van der Waals surface area contributed by atoms with Crippen LogP contribution in [0.1, 0.15) is 42.1 Å². The molecule has 2 aromatic heterocycles. The molecule has 0 fully saturated rings. The van der Waals surface area contributed by atoms with E-state index >= 15 is 0 Å². The van der Waals surface area contributed by atoms with Gasteiger partial charge in [-0.15, -0.1) is 0 Å². The van der Waals surface area contributed by atoms with Crippen LogP contribution in [0.15, 0.2) is 42.7 Å². The number of rotatable bonds is 10. The fourth-order valence-electron chi connectivity index (χ4n) is 3.30. The summed E-state index contributed by atoms with van der Waals surface area (Å²) in [6, 6.07) is 6.18. The Labute approximate surface area is 187 Å². The van der Waals surface area contributed by atoms with E-state index in [2.05, 4.69) is 10.1 Å². The summed E-state index contributed by atoms with van der Waals surface area (Å²) in [5.74, 6) is -1.32. The van der Waals surface area contributed by atoms with Gasteiger partial charge in [0.15, 0.2) is 17.4 Å². The van der Waals surface area contributed by atoms with Gasteiger partial charge in [0.1, 0.15) is 0 Å². The second-order valence-electron chi connectivity index (χ2n) is 7.49. The highest BCUT2D eigenvalue weighted by Crippen LogP contribution is 2.29. The van der Waals surface area contributed by atoms with Crippen molar-refractivity contribution in [1.29, 1.82) is 0 Å². The molecule has 6 nitrogen and oxygen atoms in total. The number of carboxylic acid groups (broad SMARTS) is 1. The standard InChI is InChI=1S/C23H23F4N3O3/c1-2-4-19-16(14-30(29-19)21-9-7-17(13-28-21)23(25,26)27)5-3-10-33-20-11-15(12-22(31)32)6-8-18(20)24/h6-9,11,13-14H,2-5,10,12H2,1H3,(H,31,32). The summed E-state index contributed by atoms with van der Waals surface area (Å²) in [5, 5.41) is 13.3. The van der Waals surface area contributed by atoms with Gasteiger partial charge in [-0.3, -0.25) is 4.79 Å². The van der Waals surface area contributed by atoms with Gasteiger partial charge in [-0.2, -0.15) is 18.3 Å². The molecule has 0 amide bonds. The number of carbonyl (C=O) groups is 1. The smallest absolute Gasteiger partial charge is 0.417 e. The van der Waals surface area contributed by atoms with Gasteiger partial charge in [0.05, 0.1) is 24.3 Å². The Morgan fingerprint density at radius 1 is 1.18 bits per heavy atom. The molecule has 0 aliphatic carbocycles. The molecule has 0 bridgehead atoms. The molecule has 0 unspecified atom stereocenters. The summed E-state index contributed by atoms with van der Waals surface area (Å²) in [7, 11) is 0. The Balaban J connectivity index is 1.65. The van der Waals surface area contributed by atoms with E-state index in [1.165, 1.54) is 28.9 Å². The summed E-state index contributed by atoms with van der Waals surface area (Å²) >= 11 is 0. The molecule has 0 saturated carbocycles. The molecule has 0 radical (unpaired) electrons. The molecule has 10 heteroatoms. The Kier molecular flexibility index (Phi) is 7.67. The highest BCUT2D eigenvalue weighted by Gasteiger charge is 2.30. The van der Waals surface area contributed by atoms with E-state index in [9.17, 15) is 22.4 Å². The van der Waals surface area contributed by atoms with Crippen LogP contribution >= 0.6 is 0 Å². The van der Waals surface area contributed by atoms with Crippen molar-refractivity contribution in [3.05, 3.63) is 70.9 Å². The number of hydrogen-bond donors (Lipinski definition) is 1. The van der Waals surface area contributed by atoms with Crippen LogP contribution in [-0.2, 0) is 30.2 Å².